The number of hydrogen-bond acceptors (Lipinski definition) is 3. The van der Waals surface area contributed by atoms with E-state index in [1.54, 1.807) is 7.11 Å². The first-order valence-electron chi connectivity index (χ1n) is 5.74. The summed E-state index contributed by atoms with van der Waals surface area (Å²) in [5.41, 5.74) is 8.37. The fraction of sp³-hybridized carbons (Fsp3) is 0.538. The molecule has 2 N–H and O–H groups in total. The van der Waals surface area contributed by atoms with Crippen molar-refractivity contribution in [2.75, 3.05) is 32.2 Å². The molecule has 1 aromatic carbocycles. The van der Waals surface area contributed by atoms with Crippen molar-refractivity contribution < 1.29 is 4.74 Å². The van der Waals surface area contributed by atoms with Crippen molar-refractivity contribution >= 4 is 5.69 Å². The van der Waals surface area contributed by atoms with Crippen molar-refractivity contribution in [3.05, 3.63) is 29.8 Å². The van der Waals surface area contributed by atoms with Crippen LogP contribution in [0.25, 0.3) is 0 Å². The molecule has 0 aromatic heterocycles. The van der Waals surface area contributed by atoms with E-state index in [0.29, 0.717) is 0 Å². The Hall–Kier alpha value is -1.06. The van der Waals surface area contributed by atoms with Gasteiger partial charge in [0.05, 0.1) is 6.61 Å². The summed E-state index contributed by atoms with van der Waals surface area (Å²) >= 11 is 0. The quantitative estimate of drug-likeness (QED) is 0.801. The van der Waals surface area contributed by atoms with E-state index >= 15 is 0 Å². The van der Waals surface area contributed by atoms with Crippen molar-refractivity contribution in [3.63, 3.8) is 0 Å². The van der Waals surface area contributed by atoms with Crippen molar-refractivity contribution in [2.24, 2.45) is 5.73 Å². The van der Waals surface area contributed by atoms with E-state index in [4.69, 9.17) is 10.5 Å². The van der Waals surface area contributed by atoms with Crippen molar-refractivity contribution in [1.82, 2.24) is 0 Å². The predicted molar refractivity (Wildman–Crippen MR) is 68.8 cm³/mol. The molecule has 1 unspecified atom stereocenters. The first-order valence-corrected chi connectivity index (χ1v) is 5.74. The average molecular weight is 222 g/mol. The van der Waals surface area contributed by atoms with E-state index in [2.05, 4.69) is 43.1 Å². The number of methoxy groups -OCH3 is 1. The largest absolute Gasteiger partial charge is 0.383 e. The molecule has 0 heterocycles. The van der Waals surface area contributed by atoms with E-state index in [9.17, 15) is 0 Å². The molecule has 90 valence electrons. The van der Waals surface area contributed by atoms with Gasteiger partial charge in [0.15, 0.2) is 0 Å². The molecule has 3 nitrogen and oxygen atoms in total. The maximum atomic E-state index is 5.97. The van der Waals surface area contributed by atoms with Crippen LogP contribution in [0.3, 0.4) is 0 Å². The maximum Gasteiger partial charge on any atom is 0.0637 e. The molecular formula is C13H22N2O. The Morgan fingerprint density at radius 2 is 1.94 bits per heavy atom. The van der Waals surface area contributed by atoms with E-state index in [1.165, 1.54) is 11.3 Å². The first kappa shape index (κ1) is 13.0. The molecule has 0 fully saturated rings. The van der Waals surface area contributed by atoms with Crippen LogP contribution in [0.1, 0.15) is 24.9 Å². The normalized spacial score (nSPS) is 12.5. The number of benzene rings is 1. The summed E-state index contributed by atoms with van der Waals surface area (Å²) < 4.78 is 5.05. The Kier molecular flexibility index (Phi) is 5.29. The summed E-state index contributed by atoms with van der Waals surface area (Å²) in [7, 11) is 3.78. The maximum absolute atomic E-state index is 5.97. The molecular weight excluding hydrogens is 200 g/mol. The second-order valence-corrected chi connectivity index (χ2v) is 4.02. The number of rotatable bonds is 6. The molecule has 0 spiro atoms. The molecule has 1 atom stereocenters. The lowest BCUT2D eigenvalue weighted by Gasteiger charge is -2.19. The van der Waals surface area contributed by atoms with Gasteiger partial charge >= 0.3 is 0 Å². The molecule has 1 rings (SSSR count). The zero-order valence-electron chi connectivity index (χ0n) is 10.4. The topological polar surface area (TPSA) is 38.5 Å². The molecule has 0 aliphatic rings. The lowest BCUT2D eigenvalue weighted by molar-refractivity contribution is 0.206. The van der Waals surface area contributed by atoms with Gasteiger partial charge in [-0.05, 0) is 24.1 Å². The van der Waals surface area contributed by atoms with Gasteiger partial charge in [-0.3, -0.25) is 0 Å². The SMILES string of the molecule is CCC(N)c1ccc(N(C)CCOC)cc1. The van der Waals surface area contributed by atoms with Crippen LogP contribution in [0.4, 0.5) is 5.69 Å². The van der Waals surface area contributed by atoms with Crippen LogP contribution in [0.5, 0.6) is 0 Å². The van der Waals surface area contributed by atoms with Crippen LogP contribution in [-0.2, 0) is 4.74 Å². The highest BCUT2D eigenvalue weighted by Gasteiger charge is 2.04. The molecule has 0 bridgehead atoms. The van der Waals surface area contributed by atoms with Gasteiger partial charge in [0.2, 0.25) is 0 Å². The summed E-state index contributed by atoms with van der Waals surface area (Å²) in [6.07, 6.45) is 0.971. The molecule has 3 heteroatoms. The van der Waals surface area contributed by atoms with Crippen LogP contribution in [0, 0.1) is 0 Å². The Morgan fingerprint density at radius 1 is 1.31 bits per heavy atom. The molecule has 0 aliphatic carbocycles. The van der Waals surface area contributed by atoms with Gasteiger partial charge in [-0.1, -0.05) is 19.1 Å². The molecule has 0 saturated heterocycles. The third-order valence-corrected chi connectivity index (χ3v) is 2.83. The number of ether oxygens (including phenoxy) is 1. The van der Waals surface area contributed by atoms with Crippen LogP contribution in [0.15, 0.2) is 24.3 Å². The lowest BCUT2D eigenvalue weighted by atomic mass is 10.1. The number of nitrogens with two attached hydrogens (primary N) is 1. The molecule has 0 amide bonds. The summed E-state index contributed by atoms with van der Waals surface area (Å²) in [5, 5.41) is 0. The van der Waals surface area contributed by atoms with E-state index in [1.807, 2.05) is 0 Å². The average Bonchev–Trinajstić information content (AvgIpc) is 2.35. The molecule has 16 heavy (non-hydrogen) atoms. The van der Waals surface area contributed by atoms with Crippen molar-refractivity contribution in [3.8, 4) is 0 Å². The van der Waals surface area contributed by atoms with Gasteiger partial charge in [0.25, 0.3) is 0 Å². The predicted octanol–water partition coefficient (Wildman–Crippen LogP) is 2.18. The molecule has 0 aliphatic heterocycles. The standard InChI is InChI=1S/C13H22N2O/c1-4-13(14)11-5-7-12(8-6-11)15(2)9-10-16-3/h5-8,13H,4,9-10,14H2,1-3H3. The monoisotopic (exact) mass is 222 g/mol. The smallest absolute Gasteiger partial charge is 0.0637 e. The second kappa shape index (κ2) is 6.51. The molecule has 1 aromatic rings. The third-order valence-electron chi connectivity index (χ3n) is 2.83. The van der Waals surface area contributed by atoms with Gasteiger partial charge in [-0.2, -0.15) is 0 Å². The van der Waals surface area contributed by atoms with Crippen LogP contribution in [-0.4, -0.2) is 27.3 Å². The minimum atomic E-state index is 0.151. The van der Waals surface area contributed by atoms with Crippen molar-refractivity contribution in [1.29, 1.82) is 0 Å². The zero-order chi connectivity index (χ0) is 12.0. The van der Waals surface area contributed by atoms with Gasteiger partial charge < -0.3 is 15.4 Å². The Morgan fingerprint density at radius 3 is 2.44 bits per heavy atom. The summed E-state index contributed by atoms with van der Waals surface area (Å²) in [6, 6.07) is 8.58. The van der Waals surface area contributed by atoms with Gasteiger partial charge in [-0.15, -0.1) is 0 Å². The summed E-state index contributed by atoms with van der Waals surface area (Å²) in [5.74, 6) is 0. The minimum absolute atomic E-state index is 0.151. The number of likely N-dealkylation sites (N-methyl/N-ethyl adjacent to an activating group) is 1. The van der Waals surface area contributed by atoms with Crippen LogP contribution < -0.4 is 10.6 Å². The van der Waals surface area contributed by atoms with Gasteiger partial charge in [0.1, 0.15) is 0 Å². The Bertz CT molecular complexity index is 297. The highest BCUT2D eigenvalue weighted by atomic mass is 16.5. The summed E-state index contributed by atoms with van der Waals surface area (Å²) in [6.45, 7) is 3.74. The number of nitrogens with zero attached hydrogens (tertiary/aromatic N) is 1. The van der Waals surface area contributed by atoms with E-state index in [0.717, 1.165) is 19.6 Å². The Labute approximate surface area is 98.2 Å². The van der Waals surface area contributed by atoms with E-state index < -0.39 is 0 Å². The Balaban J connectivity index is 2.63. The first-order chi connectivity index (χ1) is 7.69. The minimum Gasteiger partial charge on any atom is -0.383 e. The van der Waals surface area contributed by atoms with Gasteiger partial charge in [0, 0.05) is 32.4 Å². The third kappa shape index (κ3) is 3.51. The number of anilines is 1. The highest BCUT2D eigenvalue weighted by molar-refractivity contribution is 5.47. The number of hydrogen-bond donors (Lipinski definition) is 1. The van der Waals surface area contributed by atoms with Crippen LogP contribution in [0.2, 0.25) is 0 Å². The van der Waals surface area contributed by atoms with Crippen LogP contribution >= 0.6 is 0 Å². The summed E-state index contributed by atoms with van der Waals surface area (Å²) in [4.78, 5) is 2.17. The second-order valence-electron chi connectivity index (χ2n) is 4.02. The molecule has 0 radical (unpaired) electrons. The van der Waals surface area contributed by atoms with Gasteiger partial charge in [-0.25, -0.2) is 0 Å². The van der Waals surface area contributed by atoms with E-state index in [-0.39, 0.29) is 6.04 Å². The fourth-order valence-corrected chi connectivity index (χ4v) is 1.57. The fourth-order valence-electron chi connectivity index (χ4n) is 1.57. The zero-order valence-corrected chi connectivity index (χ0v) is 10.4. The molecule has 0 saturated carbocycles. The highest BCUT2D eigenvalue weighted by Crippen LogP contribution is 2.18. The lowest BCUT2D eigenvalue weighted by Crippen LogP contribution is -2.22. The van der Waals surface area contributed by atoms with Crippen molar-refractivity contribution in [2.45, 2.75) is 19.4 Å².